The van der Waals surface area contributed by atoms with E-state index in [0.29, 0.717) is 0 Å². The first-order valence-electron chi connectivity index (χ1n) is 4.36. The fourth-order valence-corrected chi connectivity index (χ4v) is 1.03. The molecule has 0 fully saturated rings. The van der Waals surface area contributed by atoms with E-state index in [1.807, 2.05) is 20.2 Å². The van der Waals surface area contributed by atoms with Crippen LogP contribution in [0.2, 0.25) is 0 Å². The molecule has 0 aromatic carbocycles. The molecule has 1 atom stereocenters. The molecule has 1 unspecified atom stereocenters. The number of ether oxygens (including phenoxy) is 2. The lowest BCUT2D eigenvalue weighted by atomic mass is 10.3. The Morgan fingerprint density at radius 3 is 2.92 bits per heavy atom. The number of methoxy groups -OCH3 is 1. The molecule has 0 radical (unpaired) electrons. The average Bonchev–Trinajstić information content (AvgIpc) is 2.48. The van der Waals surface area contributed by atoms with Crippen molar-refractivity contribution in [2.75, 3.05) is 13.7 Å². The minimum Gasteiger partial charge on any atom is -0.487 e. The van der Waals surface area contributed by atoms with E-state index >= 15 is 0 Å². The van der Waals surface area contributed by atoms with Crippen molar-refractivity contribution in [3.8, 4) is 5.75 Å². The number of hydrogen-bond acceptors (Lipinski definition) is 3. The fraction of sp³-hybridized carbons (Fsp3) is 0.667. The third-order valence-corrected chi connectivity index (χ3v) is 1.75. The van der Waals surface area contributed by atoms with Crippen molar-refractivity contribution in [1.29, 1.82) is 0 Å². The molecule has 4 nitrogen and oxygen atoms in total. The minimum absolute atomic E-state index is 0.171. The van der Waals surface area contributed by atoms with Crippen LogP contribution >= 0.6 is 0 Å². The normalized spacial score (nSPS) is 12.8. The van der Waals surface area contributed by atoms with Gasteiger partial charge in [-0.1, -0.05) is 0 Å². The highest BCUT2D eigenvalue weighted by Gasteiger charge is 2.04. The lowest BCUT2D eigenvalue weighted by Gasteiger charge is -2.11. The lowest BCUT2D eigenvalue weighted by molar-refractivity contribution is 0.135. The Kier molecular flexibility index (Phi) is 3.76. The van der Waals surface area contributed by atoms with Gasteiger partial charge in [-0.05, 0) is 6.92 Å². The molecule has 1 heterocycles. The summed E-state index contributed by atoms with van der Waals surface area (Å²) < 4.78 is 12.2. The van der Waals surface area contributed by atoms with Crippen LogP contribution in [0.4, 0.5) is 0 Å². The molecule has 0 aliphatic rings. The maximum atomic E-state index is 5.57. The first-order chi connectivity index (χ1) is 6.22. The topological polar surface area (TPSA) is 36.3 Å². The van der Waals surface area contributed by atoms with E-state index in [-0.39, 0.29) is 6.10 Å². The summed E-state index contributed by atoms with van der Waals surface area (Å²) in [4.78, 5) is 0. The first kappa shape index (κ1) is 10.1. The molecule has 1 aromatic rings. The number of rotatable bonds is 5. The largest absolute Gasteiger partial charge is 0.487 e. The predicted octanol–water partition coefficient (Wildman–Crippen LogP) is 1.22. The molecule has 0 N–H and O–H groups in total. The Balaban J connectivity index is 2.31. The van der Waals surface area contributed by atoms with Gasteiger partial charge in [0.15, 0.2) is 5.75 Å². The van der Waals surface area contributed by atoms with E-state index in [9.17, 15) is 0 Å². The minimum atomic E-state index is 0.171. The van der Waals surface area contributed by atoms with Crippen LogP contribution in [-0.4, -0.2) is 29.6 Å². The molecule has 74 valence electrons. The van der Waals surface area contributed by atoms with Crippen LogP contribution in [0.3, 0.4) is 0 Å². The van der Waals surface area contributed by atoms with Gasteiger partial charge in [-0.3, -0.25) is 4.68 Å². The van der Waals surface area contributed by atoms with Crippen molar-refractivity contribution in [3.63, 3.8) is 0 Å². The van der Waals surface area contributed by atoms with Gasteiger partial charge in [0.05, 0.1) is 18.5 Å². The molecule has 0 saturated heterocycles. The first-order valence-corrected chi connectivity index (χ1v) is 4.36. The molecule has 4 heteroatoms. The van der Waals surface area contributed by atoms with Gasteiger partial charge in [-0.2, -0.15) is 5.10 Å². The number of aryl methyl sites for hydroxylation is 1. The predicted molar refractivity (Wildman–Crippen MR) is 49.8 cm³/mol. The highest BCUT2D eigenvalue weighted by atomic mass is 16.5. The van der Waals surface area contributed by atoms with Gasteiger partial charge >= 0.3 is 0 Å². The fourth-order valence-electron chi connectivity index (χ4n) is 1.03. The van der Waals surface area contributed by atoms with Crippen LogP contribution in [0.1, 0.15) is 13.3 Å². The van der Waals surface area contributed by atoms with Gasteiger partial charge in [0.25, 0.3) is 0 Å². The van der Waals surface area contributed by atoms with Gasteiger partial charge in [-0.15, -0.1) is 0 Å². The summed E-state index contributed by atoms with van der Waals surface area (Å²) in [5.74, 6) is 0.811. The molecular formula is C9H16N2O2. The Labute approximate surface area is 78.5 Å². The molecule has 1 rings (SSSR count). The monoisotopic (exact) mass is 184 g/mol. The third-order valence-electron chi connectivity index (χ3n) is 1.75. The molecule has 1 aromatic heterocycles. The smallest absolute Gasteiger partial charge is 0.157 e. The van der Waals surface area contributed by atoms with E-state index in [0.717, 1.165) is 18.8 Å². The van der Waals surface area contributed by atoms with Crippen LogP contribution in [0.15, 0.2) is 12.4 Å². The standard InChI is InChI=1S/C9H16N2O2/c1-8(4-5-12-3)13-9-6-10-11(2)7-9/h6-8H,4-5H2,1-3H3. The van der Waals surface area contributed by atoms with Crippen molar-refractivity contribution in [3.05, 3.63) is 12.4 Å². The summed E-state index contributed by atoms with van der Waals surface area (Å²) in [6, 6.07) is 0. The molecule has 0 bridgehead atoms. The van der Waals surface area contributed by atoms with Crippen molar-refractivity contribution in [2.45, 2.75) is 19.4 Å². The van der Waals surface area contributed by atoms with E-state index < -0.39 is 0 Å². The van der Waals surface area contributed by atoms with Crippen LogP contribution in [0.5, 0.6) is 5.75 Å². The summed E-state index contributed by atoms with van der Waals surface area (Å²) in [6.07, 6.45) is 4.63. The van der Waals surface area contributed by atoms with Gasteiger partial charge in [0, 0.05) is 27.2 Å². The third kappa shape index (κ3) is 3.46. The molecule has 13 heavy (non-hydrogen) atoms. The zero-order chi connectivity index (χ0) is 9.68. The number of nitrogens with zero attached hydrogens (tertiary/aromatic N) is 2. The average molecular weight is 184 g/mol. The number of aromatic nitrogens is 2. The van der Waals surface area contributed by atoms with E-state index in [1.165, 1.54) is 0 Å². The van der Waals surface area contributed by atoms with Gasteiger partial charge in [-0.25, -0.2) is 0 Å². The molecule has 0 saturated carbocycles. The maximum Gasteiger partial charge on any atom is 0.157 e. The van der Waals surface area contributed by atoms with Gasteiger partial charge < -0.3 is 9.47 Å². The van der Waals surface area contributed by atoms with E-state index in [4.69, 9.17) is 9.47 Å². The van der Waals surface area contributed by atoms with Crippen LogP contribution in [0.25, 0.3) is 0 Å². The number of hydrogen-bond donors (Lipinski definition) is 0. The lowest BCUT2D eigenvalue weighted by Crippen LogP contribution is -2.13. The summed E-state index contributed by atoms with van der Waals surface area (Å²) in [6.45, 7) is 2.74. The zero-order valence-corrected chi connectivity index (χ0v) is 8.36. The van der Waals surface area contributed by atoms with Gasteiger partial charge in [0.2, 0.25) is 0 Å². The SMILES string of the molecule is COCCC(C)Oc1cnn(C)c1. The Bertz CT molecular complexity index is 248. The maximum absolute atomic E-state index is 5.57. The summed E-state index contributed by atoms with van der Waals surface area (Å²) in [7, 11) is 3.56. The van der Waals surface area contributed by atoms with Crippen molar-refractivity contribution in [1.82, 2.24) is 9.78 Å². The molecule has 0 amide bonds. The zero-order valence-electron chi connectivity index (χ0n) is 8.36. The molecule has 0 aliphatic heterocycles. The summed E-state index contributed by atoms with van der Waals surface area (Å²) in [5, 5.41) is 4.01. The Morgan fingerprint density at radius 2 is 2.38 bits per heavy atom. The van der Waals surface area contributed by atoms with Crippen molar-refractivity contribution < 1.29 is 9.47 Å². The Hall–Kier alpha value is -1.03. The van der Waals surface area contributed by atoms with Crippen LogP contribution < -0.4 is 4.74 Å². The van der Waals surface area contributed by atoms with Crippen molar-refractivity contribution in [2.24, 2.45) is 7.05 Å². The quantitative estimate of drug-likeness (QED) is 0.690. The second-order valence-electron chi connectivity index (χ2n) is 3.06. The second-order valence-corrected chi connectivity index (χ2v) is 3.06. The molecule has 0 spiro atoms. The highest BCUT2D eigenvalue weighted by molar-refractivity contribution is 5.11. The molecular weight excluding hydrogens is 168 g/mol. The molecule has 0 aliphatic carbocycles. The van der Waals surface area contributed by atoms with E-state index in [1.54, 1.807) is 18.0 Å². The summed E-state index contributed by atoms with van der Waals surface area (Å²) >= 11 is 0. The van der Waals surface area contributed by atoms with Crippen molar-refractivity contribution >= 4 is 0 Å². The van der Waals surface area contributed by atoms with Gasteiger partial charge in [0.1, 0.15) is 0 Å². The Morgan fingerprint density at radius 1 is 1.62 bits per heavy atom. The highest BCUT2D eigenvalue weighted by Crippen LogP contribution is 2.10. The van der Waals surface area contributed by atoms with Crippen LogP contribution in [0, 0.1) is 0 Å². The second kappa shape index (κ2) is 4.87. The summed E-state index contributed by atoms with van der Waals surface area (Å²) in [5.41, 5.74) is 0. The van der Waals surface area contributed by atoms with E-state index in [2.05, 4.69) is 5.10 Å². The van der Waals surface area contributed by atoms with Crippen LogP contribution in [-0.2, 0) is 11.8 Å².